The van der Waals surface area contributed by atoms with Crippen molar-refractivity contribution in [2.45, 2.75) is 71.1 Å². The highest BCUT2D eigenvalue weighted by Crippen LogP contribution is 2.35. The maximum atomic E-state index is 12.5. The van der Waals surface area contributed by atoms with Crippen LogP contribution in [-0.4, -0.2) is 36.8 Å². The predicted molar refractivity (Wildman–Crippen MR) is 124 cm³/mol. The highest BCUT2D eigenvalue weighted by Gasteiger charge is 2.20. The van der Waals surface area contributed by atoms with Gasteiger partial charge in [0.2, 0.25) is 0 Å². The van der Waals surface area contributed by atoms with Crippen LogP contribution in [0, 0.1) is 0 Å². The quantitative estimate of drug-likeness (QED) is 0.369. The van der Waals surface area contributed by atoms with Crippen molar-refractivity contribution in [1.29, 1.82) is 0 Å². The Kier molecular flexibility index (Phi) is 10.2. The summed E-state index contributed by atoms with van der Waals surface area (Å²) >= 11 is 0. The van der Waals surface area contributed by atoms with Gasteiger partial charge in [-0.15, -0.1) is 0 Å². The molecule has 3 N–H and O–H groups in total. The molecule has 0 radical (unpaired) electrons. The first-order valence-corrected chi connectivity index (χ1v) is 11.3. The Morgan fingerprint density at radius 2 is 1.48 bits per heavy atom. The fourth-order valence-corrected chi connectivity index (χ4v) is 3.72. The van der Waals surface area contributed by atoms with Crippen LogP contribution in [0.15, 0.2) is 16.9 Å². The Balaban J connectivity index is 1.86. The van der Waals surface area contributed by atoms with Crippen LogP contribution in [0.2, 0.25) is 0 Å². The zero-order chi connectivity index (χ0) is 22.6. The van der Waals surface area contributed by atoms with E-state index in [0.717, 1.165) is 19.3 Å². The molecule has 172 valence electrons. The number of amides is 1. The summed E-state index contributed by atoms with van der Waals surface area (Å²) in [5, 5.41) is 13.7. The minimum atomic E-state index is -0.641. The Labute approximate surface area is 184 Å². The molecule has 0 fully saturated rings. The second-order valence-electron chi connectivity index (χ2n) is 7.87. The largest absolute Gasteiger partial charge is 0.506 e. The molecular formula is C24H36N2O5. The summed E-state index contributed by atoms with van der Waals surface area (Å²) in [7, 11) is 2.96. The fraction of sp³-hybridized carbons (Fsp3) is 0.583. The number of hydrogen-bond acceptors (Lipinski definition) is 5. The number of benzene rings is 1. The molecule has 1 aromatic carbocycles. The SMILES string of the molecule is CCCCCCCCCCCCNC(=O)c1c(O)c2cc(OC)c(OC)cc2[nH]c1=O. The summed E-state index contributed by atoms with van der Waals surface area (Å²) in [6.45, 7) is 2.70. The van der Waals surface area contributed by atoms with Crippen LogP contribution in [-0.2, 0) is 0 Å². The second kappa shape index (κ2) is 12.9. The molecule has 1 amide bonds. The normalized spacial score (nSPS) is 10.9. The van der Waals surface area contributed by atoms with Crippen LogP contribution >= 0.6 is 0 Å². The number of H-pyrrole nitrogens is 1. The first-order chi connectivity index (χ1) is 15.0. The molecule has 2 aromatic rings. The summed E-state index contributed by atoms with van der Waals surface area (Å²) in [6.07, 6.45) is 12.1. The number of aromatic amines is 1. The van der Waals surface area contributed by atoms with E-state index in [2.05, 4.69) is 17.2 Å². The Bertz CT molecular complexity index is 907. The van der Waals surface area contributed by atoms with Crippen molar-refractivity contribution in [3.05, 3.63) is 28.0 Å². The molecule has 2 rings (SSSR count). The summed E-state index contributed by atoms with van der Waals surface area (Å²) in [5.74, 6) is -0.121. The summed E-state index contributed by atoms with van der Waals surface area (Å²) < 4.78 is 10.5. The molecule has 0 saturated heterocycles. The van der Waals surface area contributed by atoms with Crippen molar-refractivity contribution >= 4 is 16.8 Å². The van der Waals surface area contributed by atoms with E-state index < -0.39 is 11.5 Å². The molecule has 7 heteroatoms. The third kappa shape index (κ3) is 6.91. The van der Waals surface area contributed by atoms with Crippen LogP contribution in [0.25, 0.3) is 10.9 Å². The van der Waals surface area contributed by atoms with Crippen LogP contribution < -0.4 is 20.3 Å². The number of methoxy groups -OCH3 is 2. The molecule has 0 saturated carbocycles. The van der Waals surface area contributed by atoms with Crippen LogP contribution in [0.1, 0.15) is 81.5 Å². The maximum Gasteiger partial charge on any atom is 0.265 e. The average Bonchev–Trinajstić information content (AvgIpc) is 2.76. The molecule has 0 aliphatic heterocycles. The zero-order valence-corrected chi connectivity index (χ0v) is 19.0. The van der Waals surface area contributed by atoms with Crippen molar-refractivity contribution in [3.63, 3.8) is 0 Å². The monoisotopic (exact) mass is 432 g/mol. The van der Waals surface area contributed by atoms with Gasteiger partial charge in [-0.3, -0.25) is 9.59 Å². The van der Waals surface area contributed by atoms with E-state index in [0.29, 0.717) is 28.9 Å². The van der Waals surface area contributed by atoms with Gasteiger partial charge in [0.25, 0.3) is 11.5 Å². The highest BCUT2D eigenvalue weighted by atomic mass is 16.5. The number of carbonyl (C=O) groups is 1. The molecule has 0 aliphatic carbocycles. The van der Waals surface area contributed by atoms with Crippen LogP contribution in [0.5, 0.6) is 17.2 Å². The number of unbranched alkanes of at least 4 members (excludes halogenated alkanes) is 9. The Morgan fingerprint density at radius 1 is 0.935 bits per heavy atom. The summed E-state index contributed by atoms with van der Waals surface area (Å²) in [5.41, 5.74) is -0.559. The van der Waals surface area contributed by atoms with Crippen molar-refractivity contribution in [2.24, 2.45) is 0 Å². The number of aromatic nitrogens is 1. The average molecular weight is 433 g/mol. The molecule has 1 aromatic heterocycles. The van der Waals surface area contributed by atoms with E-state index in [1.165, 1.54) is 59.2 Å². The van der Waals surface area contributed by atoms with Crippen molar-refractivity contribution in [1.82, 2.24) is 10.3 Å². The second-order valence-corrected chi connectivity index (χ2v) is 7.87. The van der Waals surface area contributed by atoms with E-state index in [4.69, 9.17) is 9.47 Å². The molecule has 31 heavy (non-hydrogen) atoms. The Hall–Kier alpha value is -2.70. The van der Waals surface area contributed by atoms with Crippen LogP contribution in [0.4, 0.5) is 0 Å². The van der Waals surface area contributed by atoms with Gasteiger partial charge in [-0.2, -0.15) is 0 Å². The first kappa shape index (κ1) is 24.6. The molecule has 0 aliphatic rings. The van der Waals surface area contributed by atoms with Gasteiger partial charge in [-0.25, -0.2) is 0 Å². The minimum Gasteiger partial charge on any atom is -0.506 e. The van der Waals surface area contributed by atoms with E-state index in [1.54, 1.807) is 12.1 Å². The lowest BCUT2D eigenvalue weighted by Crippen LogP contribution is -2.30. The summed E-state index contributed by atoms with van der Waals surface area (Å²) in [4.78, 5) is 27.6. The predicted octanol–water partition coefficient (Wildman–Crippen LogP) is 4.90. The number of nitrogens with one attached hydrogen (secondary N) is 2. The lowest BCUT2D eigenvalue weighted by atomic mass is 10.1. The van der Waals surface area contributed by atoms with Gasteiger partial charge >= 0.3 is 0 Å². The smallest absolute Gasteiger partial charge is 0.265 e. The minimum absolute atomic E-state index is 0.285. The van der Waals surface area contributed by atoms with E-state index >= 15 is 0 Å². The molecule has 0 bridgehead atoms. The third-order valence-corrected chi connectivity index (χ3v) is 5.53. The standard InChI is InChI=1S/C24H36N2O5/c1-4-5-6-7-8-9-10-11-12-13-14-25-23(28)21-22(27)17-15-19(30-2)20(31-3)16-18(17)26-24(21)29/h15-16H,4-14H2,1-3H3,(H,25,28)(H2,26,27,29). The fourth-order valence-electron chi connectivity index (χ4n) is 3.72. The summed E-state index contributed by atoms with van der Waals surface area (Å²) in [6, 6.07) is 3.10. The van der Waals surface area contributed by atoms with Crippen LogP contribution in [0.3, 0.4) is 0 Å². The topological polar surface area (TPSA) is 101 Å². The lowest BCUT2D eigenvalue weighted by Gasteiger charge is -2.12. The van der Waals surface area contributed by atoms with E-state index in [9.17, 15) is 14.7 Å². The van der Waals surface area contributed by atoms with Gasteiger partial charge in [0, 0.05) is 18.0 Å². The molecule has 0 unspecified atom stereocenters. The van der Waals surface area contributed by atoms with Gasteiger partial charge < -0.3 is 24.9 Å². The van der Waals surface area contributed by atoms with Gasteiger partial charge in [0.1, 0.15) is 11.3 Å². The number of pyridine rings is 1. The van der Waals surface area contributed by atoms with E-state index in [-0.39, 0.29) is 11.3 Å². The number of aromatic hydroxyl groups is 1. The number of fused-ring (bicyclic) bond motifs is 1. The van der Waals surface area contributed by atoms with Gasteiger partial charge in [0.05, 0.1) is 19.7 Å². The molecule has 1 heterocycles. The van der Waals surface area contributed by atoms with Gasteiger partial charge in [0.15, 0.2) is 11.5 Å². The molecular weight excluding hydrogens is 396 g/mol. The zero-order valence-electron chi connectivity index (χ0n) is 19.0. The molecule has 0 atom stereocenters. The third-order valence-electron chi connectivity index (χ3n) is 5.53. The number of hydrogen-bond donors (Lipinski definition) is 3. The maximum absolute atomic E-state index is 12.5. The van der Waals surface area contributed by atoms with E-state index in [1.807, 2.05) is 0 Å². The van der Waals surface area contributed by atoms with Crippen molar-refractivity contribution in [2.75, 3.05) is 20.8 Å². The van der Waals surface area contributed by atoms with Crippen molar-refractivity contribution < 1.29 is 19.4 Å². The molecule has 7 nitrogen and oxygen atoms in total. The van der Waals surface area contributed by atoms with Crippen molar-refractivity contribution in [3.8, 4) is 17.2 Å². The first-order valence-electron chi connectivity index (χ1n) is 11.3. The number of ether oxygens (including phenoxy) is 2. The molecule has 0 spiro atoms. The van der Waals surface area contributed by atoms with Gasteiger partial charge in [-0.1, -0.05) is 64.7 Å². The van der Waals surface area contributed by atoms with Gasteiger partial charge in [-0.05, 0) is 12.5 Å². The number of carbonyl (C=O) groups excluding carboxylic acids is 1. The number of rotatable bonds is 14. The Morgan fingerprint density at radius 3 is 2.06 bits per heavy atom. The highest BCUT2D eigenvalue weighted by molar-refractivity contribution is 6.02. The lowest BCUT2D eigenvalue weighted by molar-refractivity contribution is 0.0949.